The van der Waals surface area contributed by atoms with Gasteiger partial charge >= 0.3 is 0 Å². The van der Waals surface area contributed by atoms with E-state index in [1.165, 1.54) is 13.0 Å². The van der Waals surface area contributed by atoms with Gasteiger partial charge in [0.1, 0.15) is 0 Å². The van der Waals surface area contributed by atoms with Gasteiger partial charge in [-0.3, -0.25) is 0 Å². The van der Waals surface area contributed by atoms with Crippen LogP contribution in [0.2, 0.25) is 0 Å². The van der Waals surface area contributed by atoms with Gasteiger partial charge in [0.15, 0.2) is 0 Å². The second kappa shape index (κ2) is 4.18. The Bertz CT molecular complexity index is 451. The SMILES string of the molecule is Cc1c(I)cc(C(=O)[O-])c(C)c1C(=O)[O-]. The number of carbonyl (C=O) groups is 2. The topological polar surface area (TPSA) is 80.3 Å². The van der Waals surface area contributed by atoms with E-state index in [2.05, 4.69) is 0 Å². The minimum Gasteiger partial charge on any atom is -0.545 e. The molecule has 0 unspecified atom stereocenters. The molecule has 0 aliphatic rings. The lowest BCUT2D eigenvalue weighted by molar-refractivity contribution is -0.255. The number of carbonyl (C=O) groups excluding carboxylic acids is 2. The summed E-state index contributed by atoms with van der Waals surface area (Å²) >= 11 is 1.88. The van der Waals surface area contributed by atoms with Crippen LogP contribution in [-0.4, -0.2) is 11.9 Å². The molecule has 1 rings (SSSR count). The number of carboxylic acids is 2. The second-order valence-corrected chi connectivity index (χ2v) is 4.27. The van der Waals surface area contributed by atoms with E-state index in [0.717, 1.165) is 0 Å². The summed E-state index contributed by atoms with van der Waals surface area (Å²) in [5, 5.41) is 21.6. The Balaban J connectivity index is 3.63. The Hall–Kier alpha value is -1.11. The average Bonchev–Trinajstić information content (AvgIpc) is 2.10. The summed E-state index contributed by atoms with van der Waals surface area (Å²) in [4.78, 5) is 21.6. The van der Waals surface area contributed by atoms with E-state index in [-0.39, 0.29) is 16.7 Å². The van der Waals surface area contributed by atoms with Crippen molar-refractivity contribution in [3.63, 3.8) is 0 Å². The molecule has 0 amide bonds. The van der Waals surface area contributed by atoms with Crippen molar-refractivity contribution in [2.75, 3.05) is 0 Å². The Morgan fingerprint density at radius 3 is 2.07 bits per heavy atom. The van der Waals surface area contributed by atoms with Gasteiger partial charge in [0.05, 0.1) is 11.9 Å². The summed E-state index contributed by atoms with van der Waals surface area (Å²) in [5.74, 6) is -2.75. The third kappa shape index (κ3) is 2.11. The predicted molar refractivity (Wildman–Crippen MR) is 57.3 cm³/mol. The van der Waals surface area contributed by atoms with Gasteiger partial charge in [-0.15, -0.1) is 0 Å². The molecule has 0 atom stereocenters. The standard InChI is InChI=1S/C10H9IO4/c1-4-6(9(12)13)3-7(11)5(2)8(4)10(14)15/h3H,1-2H3,(H,12,13)(H,14,15)/p-2. The summed E-state index contributed by atoms with van der Waals surface area (Å²) < 4.78 is 0.566. The van der Waals surface area contributed by atoms with Crippen LogP contribution in [-0.2, 0) is 0 Å². The summed E-state index contributed by atoms with van der Waals surface area (Å²) in [6.45, 7) is 3.04. The molecule has 0 saturated carbocycles. The van der Waals surface area contributed by atoms with Crippen molar-refractivity contribution >= 4 is 34.5 Å². The van der Waals surface area contributed by atoms with Gasteiger partial charge in [0.25, 0.3) is 0 Å². The molecular weight excluding hydrogens is 311 g/mol. The van der Waals surface area contributed by atoms with Crippen LogP contribution in [0.4, 0.5) is 0 Å². The molecule has 0 aliphatic carbocycles. The fourth-order valence-electron chi connectivity index (χ4n) is 1.40. The van der Waals surface area contributed by atoms with Crippen molar-refractivity contribution in [2.45, 2.75) is 13.8 Å². The van der Waals surface area contributed by atoms with Crippen LogP contribution in [0, 0.1) is 17.4 Å². The first-order valence-corrected chi connectivity index (χ1v) is 5.16. The molecule has 0 aromatic heterocycles. The fourth-order valence-corrected chi connectivity index (χ4v) is 1.98. The molecule has 80 valence electrons. The zero-order valence-electron chi connectivity index (χ0n) is 8.09. The molecule has 0 heterocycles. The number of hydrogen-bond donors (Lipinski definition) is 0. The number of benzene rings is 1. The van der Waals surface area contributed by atoms with E-state index in [9.17, 15) is 19.8 Å². The van der Waals surface area contributed by atoms with Crippen LogP contribution in [0.15, 0.2) is 6.07 Å². The van der Waals surface area contributed by atoms with Crippen molar-refractivity contribution in [3.05, 3.63) is 31.9 Å². The normalized spacial score (nSPS) is 10.1. The molecule has 0 aliphatic heterocycles. The number of carboxylic acid groups (broad SMARTS) is 2. The summed E-state index contributed by atoms with van der Waals surface area (Å²) in [6, 6.07) is 1.40. The van der Waals surface area contributed by atoms with Gasteiger partial charge in [-0.1, -0.05) is 0 Å². The fraction of sp³-hybridized carbons (Fsp3) is 0.200. The lowest BCUT2D eigenvalue weighted by atomic mass is 9.98. The van der Waals surface area contributed by atoms with Gasteiger partial charge in [0, 0.05) is 14.7 Å². The maximum Gasteiger partial charge on any atom is 0.0721 e. The van der Waals surface area contributed by atoms with Gasteiger partial charge in [-0.2, -0.15) is 0 Å². The van der Waals surface area contributed by atoms with E-state index in [1.54, 1.807) is 6.92 Å². The van der Waals surface area contributed by atoms with Crippen LogP contribution >= 0.6 is 22.6 Å². The van der Waals surface area contributed by atoms with E-state index in [1.807, 2.05) is 22.6 Å². The summed E-state index contributed by atoms with van der Waals surface area (Å²) in [5.41, 5.74) is 0.510. The first kappa shape index (κ1) is 12.0. The number of aromatic carboxylic acids is 2. The van der Waals surface area contributed by atoms with Crippen LogP contribution in [0.5, 0.6) is 0 Å². The Labute approximate surface area is 100 Å². The monoisotopic (exact) mass is 318 g/mol. The first-order chi connectivity index (χ1) is 6.86. The van der Waals surface area contributed by atoms with E-state index in [4.69, 9.17) is 0 Å². The third-order valence-electron chi connectivity index (χ3n) is 2.21. The number of hydrogen-bond acceptors (Lipinski definition) is 4. The van der Waals surface area contributed by atoms with E-state index < -0.39 is 11.9 Å². The maximum absolute atomic E-state index is 10.8. The minimum absolute atomic E-state index is 0.0684. The molecule has 4 nitrogen and oxygen atoms in total. The molecule has 1 aromatic carbocycles. The van der Waals surface area contributed by atoms with Gasteiger partial charge in [-0.25, -0.2) is 0 Å². The highest BCUT2D eigenvalue weighted by Gasteiger charge is 2.12. The van der Waals surface area contributed by atoms with Crippen LogP contribution in [0.1, 0.15) is 31.8 Å². The molecule has 0 bridgehead atoms. The molecule has 15 heavy (non-hydrogen) atoms. The van der Waals surface area contributed by atoms with E-state index >= 15 is 0 Å². The zero-order valence-corrected chi connectivity index (χ0v) is 10.2. The minimum atomic E-state index is -1.38. The van der Waals surface area contributed by atoms with Gasteiger partial charge < -0.3 is 19.8 Å². The predicted octanol–water partition coefficient (Wildman–Crippen LogP) is -0.365. The molecule has 0 fully saturated rings. The van der Waals surface area contributed by atoms with Crippen molar-refractivity contribution in [2.24, 2.45) is 0 Å². The molecule has 1 aromatic rings. The Morgan fingerprint density at radius 2 is 1.67 bits per heavy atom. The Kier molecular flexibility index (Phi) is 3.33. The number of rotatable bonds is 2. The summed E-state index contributed by atoms with van der Waals surface area (Å²) in [7, 11) is 0. The first-order valence-electron chi connectivity index (χ1n) is 4.08. The molecule has 0 spiro atoms. The lowest BCUT2D eigenvalue weighted by Gasteiger charge is -2.17. The zero-order chi connectivity index (χ0) is 11.7. The largest absolute Gasteiger partial charge is 0.545 e. The highest BCUT2D eigenvalue weighted by Crippen LogP contribution is 2.23. The van der Waals surface area contributed by atoms with Crippen molar-refractivity contribution in [1.82, 2.24) is 0 Å². The number of halogens is 1. The van der Waals surface area contributed by atoms with Crippen LogP contribution in [0.25, 0.3) is 0 Å². The van der Waals surface area contributed by atoms with Crippen LogP contribution < -0.4 is 10.2 Å². The third-order valence-corrected chi connectivity index (χ3v) is 3.33. The van der Waals surface area contributed by atoms with E-state index in [0.29, 0.717) is 9.13 Å². The highest BCUT2D eigenvalue weighted by molar-refractivity contribution is 14.1. The molecule has 0 saturated heterocycles. The quantitative estimate of drug-likeness (QED) is 0.697. The lowest BCUT2D eigenvalue weighted by Crippen LogP contribution is -2.29. The van der Waals surface area contributed by atoms with Gasteiger partial charge in [-0.05, 0) is 53.6 Å². The van der Waals surface area contributed by atoms with Gasteiger partial charge in [0.2, 0.25) is 0 Å². The highest BCUT2D eigenvalue weighted by atomic mass is 127. The van der Waals surface area contributed by atoms with Crippen LogP contribution in [0.3, 0.4) is 0 Å². The average molecular weight is 318 g/mol. The molecule has 0 N–H and O–H groups in total. The second-order valence-electron chi connectivity index (χ2n) is 3.11. The van der Waals surface area contributed by atoms with Crippen molar-refractivity contribution in [3.8, 4) is 0 Å². The molecule has 0 radical (unpaired) electrons. The van der Waals surface area contributed by atoms with Crippen molar-refractivity contribution in [1.29, 1.82) is 0 Å². The smallest absolute Gasteiger partial charge is 0.0721 e. The maximum atomic E-state index is 10.8. The summed E-state index contributed by atoms with van der Waals surface area (Å²) in [6.07, 6.45) is 0. The molecular formula is C10H7IO4-2. The van der Waals surface area contributed by atoms with Crippen molar-refractivity contribution < 1.29 is 19.8 Å². The molecule has 5 heteroatoms. The Morgan fingerprint density at radius 1 is 1.13 bits per heavy atom.